The number of hydrogen-bond donors (Lipinski definition) is 2. The molecule has 0 fully saturated rings. The molecular formula is C7H7F2NO3. The van der Waals surface area contributed by atoms with E-state index in [-0.39, 0.29) is 5.75 Å². The highest BCUT2D eigenvalue weighted by Crippen LogP contribution is 2.25. The molecule has 1 heterocycles. The molecule has 6 heteroatoms. The predicted molar refractivity (Wildman–Crippen MR) is 40.2 cm³/mol. The lowest BCUT2D eigenvalue weighted by Crippen LogP contribution is -2.09. The van der Waals surface area contributed by atoms with Gasteiger partial charge in [-0.1, -0.05) is 0 Å². The molecule has 0 saturated carbocycles. The van der Waals surface area contributed by atoms with Crippen LogP contribution in [0, 0.1) is 0 Å². The summed E-state index contributed by atoms with van der Waals surface area (Å²) >= 11 is 0. The summed E-state index contributed by atoms with van der Waals surface area (Å²) in [5, 5.41) is 8.99. The molecule has 2 N–H and O–H groups in total. The van der Waals surface area contributed by atoms with Crippen LogP contribution < -0.4 is 10.3 Å². The van der Waals surface area contributed by atoms with Gasteiger partial charge in [0.05, 0.1) is 12.8 Å². The minimum atomic E-state index is -2.80. The number of aromatic amines is 1. The second-order valence-electron chi connectivity index (χ2n) is 2.27. The summed E-state index contributed by atoms with van der Waals surface area (Å²) < 4.78 is 28.7. The van der Waals surface area contributed by atoms with Crippen molar-refractivity contribution in [2.75, 3.05) is 7.11 Å². The fourth-order valence-corrected chi connectivity index (χ4v) is 0.821. The number of hydrogen-bond acceptors (Lipinski definition) is 3. The molecule has 0 spiro atoms. The summed E-state index contributed by atoms with van der Waals surface area (Å²) in [5.74, 6) is -0.967. The van der Waals surface area contributed by atoms with E-state index in [1.807, 2.05) is 4.98 Å². The lowest BCUT2D eigenvalue weighted by atomic mass is 10.3. The standard InChI is InChI=1S/C7H7F2NO3/c1-13-4-2-3(6(8)9)10-7(12)5(4)11/h2,6,11H,1H3,(H,10,12). The zero-order valence-electron chi connectivity index (χ0n) is 6.67. The van der Waals surface area contributed by atoms with E-state index in [0.717, 1.165) is 6.07 Å². The molecule has 4 nitrogen and oxygen atoms in total. The predicted octanol–water partition coefficient (Wildman–Crippen LogP) is 1.03. The quantitative estimate of drug-likeness (QED) is 0.733. The maximum absolute atomic E-state index is 12.1. The van der Waals surface area contributed by atoms with Crippen molar-refractivity contribution >= 4 is 0 Å². The number of aromatic hydroxyl groups is 1. The highest BCUT2D eigenvalue weighted by molar-refractivity contribution is 5.37. The van der Waals surface area contributed by atoms with Crippen molar-refractivity contribution in [1.82, 2.24) is 4.98 Å². The van der Waals surface area contributed by atoms with Crippen LogP contribution in [-0.4, -0.2) is 17.2 Å². The summed E-state index contributed by atoms with van der Waals surface area (Å²) in [5.41, 5.74) is -1.57. The Bertz CT molecular complexity index is 361. The molecule has 72 valence electrons. The van der Waals surface area contributed by atoms with Crippen LogP contribution >= 0.6 is 0 Å². The maximum atomic E-state index is 12.1. The summed E-state index contributed by atoms with van der Waals surface area (Å²) in [6, 6.07) is 0.876. The van der Waals surface area contributed by atoms with Gasteiger partial charge in [0, 0.05) is 6.07 Å². The largest absolute Gasteiger partial charge is 0.500 e. The smallest absolute Gasteiger partial charge is 0.294 e. The van der Waals surface area contributed by atoms with Crippen molar-refractivity contribution in [2.45, 2.75) is 6.43 Å². The van der Waals surface area contributed by atoms with E-state index in [1.54, 1.807) is 0 Å². The Morgan fingerprint density at radius 2 is 2.23 bits per heavy atom. The molecule has 0 unspecified atom stereocenters. The van der Waals surface area contributed by atoms with Gasteiger partial charge in [0.1, 0.15) is 0 Å². The van der Waals surface area contributed by atoms with E-state index in [1.165, 1.54) is 7.11 Å². The van der Waals surface area contributed by atoms with Crippen LogP contribution in [0.1, 0.15) is 12.1 Å². The fraction of sp³-hybridized carbons (Fsp3) is 0.286. The Hall–Kier alpha value is -1.59. The number of nitrogens with one attached hydrogen (secondary N) is 1. The SMILES string of the molecule is COc1cc(C(F)F)[nH]c(=O)c1O. The molecule has 0 aromatic carbocycles. The first kappa shape index (κ1) is 9.50. The second kappa shape index (κ2) is 3.42. The van der Waals surface area contributed by atoms with Gasteiger partial charge in [0.25, 0.3) is 12.0 Å². The van der Waals surface area contributed by atoms with Gasteiger partial charge in [-0.05, 0) is 0 Å². The Kier molecular flexibility index (Phi) is 2.50. The average Bonchev–Trinajstić information content (AvgIpc) is 2.09. The van der Waals surface area contributed by atoms with E-state index in [2.05, 4.69) is 4.74 Å². The Labute approximate surface area is 71.8 Å². The minimum absolute atomic E-state index is 0.265. The van der Waals surface area contributed by atoms with Gasteiger partial charge < -0.3 is 14.8 Å². The van der Waals surface area contributed by atoms with Crippen LogP contribution in [0.15, 0.2) is 10.9 Å². The number of methoxy groups -OCH3 is 1. The van der Waals surface area contributed by atoms with E-state index < -0.39 is 23.4 Å². The lowest BCUT2D eigenvalue weighted by Gasteiger charge is -2.04. The molecule has 0 radical (unpaired) electrons. The van der Waals surface area contributed by atoms with Gasteiger partial charge in [-0.25, -0.2) is 8.78 Å². The molecule has 0 atom stereocenters. The third-order valence-electron chi connectivity index (χ3n) is 1.45. The Balaban J connectivity index is 3.31. The van der Waals surface area contributed by atoms with Crippen LogP contribution in [0.5, 0.6) is 11.5 Å². The van der Waals surface area contributed by atoms with Crippen molar-refractivity contribution in [1.29, 1.82) is 0 Å². The summed E-state index contributed by atoms with van der Waals surface area (Å²) in [4.78, 5) is 12.6. The van der Waals surface area contributed by atoms with Crippen LogP contribution in [0.3, 0.4) is 0 Å². The van der Waals surface area contributed by atoms with Gasteiger partial charge in [-0.3, -0.25) is 4.79 Å². The highest BCUT2D eigenvalue weighted by Gasteiger charge is 2.14. The van der Waals surface area contributed by atoms with Crippen molar-refractivity contribution in [3.63, 3.8) is 0 Å². The summed E-state index contributed by atoms with van der Waals surface area (Å²) in [6.07, 6.45) is -2.80. The van der Waals surface area contributed by atoms with Crippen LogP contribution in [0.2, 0.25) is 0 Å². The van der Waals surface area contributed by atoms with Crippen molar-refractivity contribution in [3.05, 3.63) is 22.1 Å². The van der Waals surface area contributed by atoms with Crippen LogP contribution in [0.4, 0.5) is 8.78 Å². The molecule has 0 bridgehead atoms. The number of halogens is 2. The second-order valence-corrected chi connectivity index (χ2v) is 2.27. The van der Waals surface area contributed by atoms with E-state index in [9.17, 15) is 13.6 Å². The fourth-order valence-electron chi connectivity index (χ4n) is 0.821. The lowest BCUT2D eigenvalue weighted by molar-refractivity contribution is 0.145. The molecule has 0 aliphatic heterocycles. The van der Waals surface area contributed by atoms with Crippen molar-refractivity contribution in [2.24, 2.45) is 0 Å². The van der Waals surface area contributed by atoms with Gasteiger partial charge in [0.2, 0.25) is 5.75 Å². The van der Waals surface area contributed by atoms with Gasteiger partial charge in [-0.15, -0.1) is 0 Å². The van der Waals surface area contributed by atoms with Crippen LogP contribution in [0.25, 0.3) is 0 Å². The van der Waals surface area contributed by atoms with Crippen molar-refractivity contribution < 1.29 is 18.6 Å². The monoisotopic (exact) mass is 191 g/mol. The van der Waals surface area contributed by atoms with Gasteiger partial charge >= 0.3 is 0 Å². The van der Waals surface area contributed by atoms with Crippen LogP contribution in [-0.2, 0) is 0 Å². The molecule has 1 aromatic rings. The van der Waals surface area contributed by atoms with E-state index >= 15 is 0 Å². The Morgan fingerprint density at radius 1 is 1.62 bits per heavy atom. The van der Waals surface area contributed by atoms with Gasteiger partial charge in [0.15, 0.2) is 5.75 Å². The summed E-state index contributed by atoms with van der Waals surface area (Å²) in [6.45, 7) is 0. The first-order chi connectivity index (χ1) is 6.06. The van der Waals surface area contributed by atoms with E-state index in [0.29, 0.717) is 0 Å². The van der Waals surface area contributed by atoms with E-state index in [4.69, 9.17) is 5.11 Å². The minimum Gasteiger partial charge on any atom is -0.500 e. The third kappa shape index (κ3) is 1.77. The van der Waals surface area contributed by atoms with Crippen molar-refractivity contribution in [3.8, 4) is 11.5 Å². The normalized spacial score (nSPS) is 10.5. The molecule has 0 saturated heterocycles. The Morgan fingerprint density at radius 3 is 2.69 bits per heavy atom. The zero-order valence-corrected chi connectivity index (χ0v) is 6.67. The molecular weight excluding hydrogens is 184 g/mol. The maximum Gasteiger partial charge on any atom is 0.294 e. The molecule has 1 rings (SSSR count). The number of rotatable bonds is 2. The topological polar surface area (TPSA) is 62.3 Å². The number of ether oxygens (including phenoxy) is 1. The zero-order chi connectivity index (χ0) is 10.0. The first-order valence-corrected chi connectivity index (χ1v) is 3.34. The highest BCUT2D eigenvalue weighted by atomic mass is 19.3. The first-order valence-electron chi connectivity index (χ1n) is 3.34. The molecule has 1 aromatic heterocycles. The number of H-pyrrole nitrogens is 1. The molecule has 0 aliphatic rings. The number of pyridine rings is 1. The molecule has 0 amide bonds. The molecule has 0 aliphatic carbocycles. The number of alkyl halides is 2. The third-order valence-corrected chi connectivity index (χ3v) is 1.45. The molecule has 13 heavy (non-hydrogen) atoms. The van der Waals surface area contributed by atoms with Gasteiger partial charge in [-0.2, -0.15) is 0 Å². The number of aromatic nitrogens is 1. The average molecular weight is 191 g/mol. The summed E-state index contributed by atoms with van der Waals surface area (Å²) in [7, 11) is 1.17.